The van der Waals surface area contributed by atoms with Crippen LogP contribution in [0.15, 0.2) is 18.2 Å². The molecule has 1 fully saturated rings. The molecule has 1 aliphatic carbocycles. The number of ether oxygens (including phenoxy) is 2. The maximum atomic E-state index is 13.7. The Kier molecular flexibility index (Phi) is 4.51. The number of hydrogen-bond acceptors (Lipinski definition) is 5. The van der Waals surface area contributed by atoms with Crippen LogP contribution in [-0.2, 0) is 4.74 Å². The third-order valence-electron chi connectivity index (χ3n) is 3.21. The van der Waals surface area contributed by atoms with Gasteiger partial charge in [0.1, 0.15) is 12.2 Å². The molecule has 1 aromatic carbocycles. The van der Waals surface area contributed by atoms with E-state index in [-0.39, 0.29) is 29.7 Å². The van der Waals surface area contributed by atoms with Gasteiger partial charge in [0.25, 0.3) is 5.69 Å². The predicted molar refractivity (Wildman–Crippen MR) is 70.1 cm³/mol. The van der Waals surface area contributed by atoms with Crippen LogP contribution in [0.3, 0.4) is 0 Å². The molecule has 6 nitrogen and oxygen atoms in total. The first-order chi connectivity index (χ1) is 9.52. The van der Waals surface area contributed by atoms with Crippen molar-refractivity contribution in [3.63, 3.8) is 0 Å². The standard InChI is InChI=1S/C13H17FN2O4/c1-2-5-19-13-10(15)7-12(13)20-11-4-3-8(16(17)18)6-9(11)14/h3-4,6,10,12-13H,2,5,7,15H2,1H3. The van der Waals surface area contributed by atoms with Crippen molar-refractivity contribution in [1.82, 2.24) is 0 Å². The van der Waals surface area contributed by atoms with E-state index in [0.717, 1.165) is 12.5 Å². The zero-order valence-corrected chi connectivity index (χ0v) is 11.1. The first kappa shape index (κ1) is 14.7. The van der Waals surface area contributed by atoms with Crippen LogP contribution in [0.25, 0.3) is 0 Å². The number of benzene rings is 1. The second-order valence-electron chi connectivity index (χ2n) is 4.76. The summed E-state index contributed by atoms with van der Waals surface area (Å²) in [4.78, 5) is 9.88. The van der Waals surface area contributed by atoms with E-state index in [1.165, 1.54) is 12.1 Å². The highest BCUT2D eigenvalue weighted by atomic mass is 19.1. The maximum absolute atomic E-state index is 13.7. The van der Waals surface area contributed by atoms with Crippen LogP contribution < -0.4 is 10.5 Å². The van der Waals surface area contributed by atoms with E-state index < -0.39 is 10.7 Å². The molecular weight excluding hydrogens is 267 g/mol. The lowest BCUT2D eigenvalue weighted by molar-refractivity contribution is -0.385. The molecule has 0 saturated heterocycles. The zero-order valence-electron chi connectivity index (χ0n) is 11.1. The van der Waals surface area contributed by atoms with Crippen LogP contribution in [0.5, 0.6) is 5.75 Å². The van der Waals surface area contributed by atoms with E-state index in [9.17, 15) is 14.5 Å². The fourth-order valence-electron chi connectivity index (χ4n) is 2.08. The van der Waals surface area contributed by atoms with Gasteiger partial charge >= 0.3 is 0 Å². The number of nitrogens with zero attached hydrogens (tertiary/aromatic N) is 1. The van der Waals surface area contributed by atoms with E-state index in [0.29, 0.717) is 13.0 Å². The minimum atomic E-state index is -0.756. The van der Waals surface area contributed by atoms with Crippen LogP contribution in [0.1, 0.15) is 19.8 Å². The van der Waals surface area contributed by atoms with Crippen molar-refractivity contribution in [3.05, 3.63) is 34.1 Å². The molecule has 0 amide bonds. The van der Waals surface area contributed by atoms with Gasteiger partial charge in [-0.2, -0.15) is 0 Å². The Hall–Kier alpha value is -1.73. The lowest BCUT2D eigenvalue weighted by Crippen LogP contribution is -2.59. The van der Waals surface area contributed by atoms with E-state index in [1.807, 2.05) is 6.92 Å². The van der Waals surface area contributed by atoms with Gasteiger partial charge in [0, 0.05) is 25.1 Å². The SMILES string of the molecule is CCCOC1C(N)CC1Oc1ccc([N+](=O)[O-])cc1F. The topological polar surface area (TPSA) is 87.6 Å². The Morgan fingerprint density at radius 3 is 2.85 bits per heavy atom. The highest BCUT2D eigenvalue weighted by Gasteiger charge is 2.41. The van der Waals surface area contributed by atoms with Gasteiger partial charge in [-0.1, -0.05) is 6.92 Å². The molecule has 0 aliphatic heterocycles. The van der Waals surface area contributed by atoms with Gasteiger partial charge in [0.15, 0.2) is 11.6 Å². The van der Waals surface area contributed by atoms with Crippen molar-refractivity contribution < 1.29 is 18.8 Å². The van der Waals surface area contributed by atoms with Crippen molar-refractivity contribution in [2.24, 2.45) is 5.73 Å². The first-order valence-corrected chi connectivity index (χ1v) is 6.50. The Morgan fingerprint density at radius 2 is 2.30 bits per heavy atom. The number of hydrogen-bond donors (Lipinski definition) is 1. The summed E-state index contributed by atoms with van der Waals surface area (Å²) in [6.07, 6.45) is 0.865. The summed E-state index contributed by atoms with van der Waals surface area (Å²) < 4.78 is 24.7. The molecule has 0 radical (unpaired) electrons. The van der Waals surface area contributed by atoms with Gasteiger partial charge < -0.3 is 15.2 Å². The molecule has 0 heterocycles. The summed E-state index contributed by atoms with van der Waals surface area (Å²) in [5.74, 6) is -0.772. The van der Waals surface area contributed by atoms with Gasteiger partial charge in [-0.15, -0.1) is 0 Å². The average molecular weight is 284 g/mol. The molecular formula is C13H17FN2O4. The molecule has 1 aliphatic rings. The van der Waals surface area contributed by atoms with Crippen molar-refractivity contribution in [1.29, 1.82) is 0 Å². The summed E-state index contributed by atoms with van der Waals surface area (Å²) in [7, 11) is 0. The second-order valence-corrected chi connectivity index (χ2v) is 4.76. The van der Waals surface area contributed by atoms with Crippen LogP contribution in [0.4, 0.5) is 10.1 Å². The summed E-state index contributed by atoms with van der Waals surface area (Å²) in [5.41, 5.74) is 5.51. The number of nitrogens with two attached hydrogens (primary N) is 1. The Bertz CT molecular complexity index is 497. The lowest BCUT2D eigenvalue weighted by Gasteiger charge is -2.41. The highest BCUT2D eigenvalue weighted by Crippen LogP contribution is 2.30. The average Bonchev–Trinajstić information content (AvgIpc) is 2.40. The normalized spacial score (nSPS) is 25.1. The molecule has 0 spiro atoms. The lowest BCUT2D eigenvalue weighted by atomic mass is 9.86. The number of nitro groups is 1. The minimum absolute atomic E-state index is 0.0161. The fourth-order valence-corrected chi connectivity index (χ4v) is 2.08. The van der Waals surface area contributed by atoms with Crippen LogP contribution >= 0.6 is 0 Å². The van der Waals surface area contributed by atoms with E-state index in [4.69, 9.17) is 15.2 Å². The van der Waals surface area contributed by atoms with Crippen LogP contribution in [-0.4, -0.2) is 29.8 Å². The van der Waals surface area contributed by atoms with Crippen molar-refractivity contribution in [2.75, 3.05) is 6.61 Å². The highest BCUT2D eigenvalue weighted by molar-refractivity contribution is 5.37. The zero-order chi connectivity index (χ0) is 14.7. The summed E-state index contributed by atoms with van der Waals surface area (Å²) >= 11 is 0. The molecule has 2 N–H and O–H groups in total. The van der Waals surface area contributed by atoms with Crippen LogP contribution in [0.2, 0.25) is 0 Å². The molecule has 2 rings (SSSR count). The van der Waals surface area contributed by atoms with E-state index >= 15 is 0 Å². The molecule has 1 saturated carbocycles. The van der Waals surface area contributed by atoms with Crippen molar-refractivity contribution in [2.45, 2.75) is 38.0 Å². The fraction of sp³-hybridized carbons (Fsp3) is 0.538. The van der Waals surface area contributed by atoms with Gasteiger partial charge in [0.05, 0.1) is 11.0 Å². The van der Waals surface area contributed by atoms with Gasteiger partial charge in [-0.3, -0.25) is 10.1 Å². The molecule has 3 atom stereocenters. The predicted octanol–water partition coefficient (Wildman–Crippen LogP) is 2.01. The van der Waals surface area contributed by atoms with Gasteiger partial charge in [-0.05, 0) is 12.5 Å². The number of nitro benzene ring substituents is 1. The molecule has 1 aromatic rings. The summed E-state index contributed by atoms with van der Waals surface area (Å²) in [6.45, 7) is 2.55. The van der Waals surface area contributed by atoms with Crippen molar-refractivity contribution in [3.8, 4) is 5.75 Å². The molecule has 7 heteroatoms. The van der Waals surface area contributed by atoms with Crippen LogP contribution in [0, 0.1) is 15.9 Å². The Balaban J connectivity index is 2.01. The van der Waals surface area contributed by atoms with E-state index in [2.05, 4.69) is 0 Å². The second kappa shape index (κ2) is 6.15. The third kappa shape index (κ3) is 3.05. The smallest absolute Gasteiger partial charge is 0.272 e. The molecule has 110 valence electrons. The largest absolute Gasteiger partial charge is 0.485 e. The van der Waals surface area contributed by atoms with Gasteiger partial charge in [-0.25, -0.2) is 4.39 Å². The third-order valence-corrected chi connectivity index (χ3v) is 3.21. The summed E-state index contributed by atoms with van der Waals surface area (Å²) in [5, 5.41) is 10.5. The van der Waals surface area contributed by atoms with E-state index in [1.54, 1.807) is 0 Å². The number of non-ortho nitro benzene ring substituents is 1. The molecule has 0 bridgehead atoms. The molecule has 3 unspecified atom stereocenters. The number of halogens is 1. The molecule has 20 heavy (non-hydrogen) atoms. The minimum Gasteiger partial charge on any atom is -0.485 e. The maximum Gasteiger partial charge on any atom is 0.272 e. The Labute approximate surface area is 115 Å². The first-order valence-electron chi connectivity index (χ1n) is 6.50. The summed E-state index contributed by atoms with van der Waals surface area (Å²) in [6, 6.07) is 3.19. The van der Waals surface area contributed by atoms with Gasteiger partial charge in [0.2, 0.25) is 0 Å². The Morgan fingerprint density at radius 1 is 1.55 bits per heavy atom. The monoisotopic (exact) mass is 284 g/mol. The van der Waals surface area contributed by atoms with Crippen molar-refractivity contribution >= 4 is 5.69 Å². The number of rotatable bonds is 6. The quantitative estimate of drug-likeness (QED) is 0.637. The molecule has 0 aromatic heterocycles.